The Morgan fingerprint density at radius 2 is 0.962 bits per heavy atom. The summed E-state index contributed by atoms with van der Waals surface area (Å²) < 4.78 is 31.1. The summed E-state index contributed by atoms with van der Waals surface area (Å²) in [6.45, 7) is 0. The maximum Gasteiger partial charge on any atom is 0.250 e. The Kier molecular flexibility index (Phi) is 4.44. The molecule has 0 saturated carbocycles. The molecule has 0 radical (unpaired) electrons. The fourth-order valence-electron chi connectivity index (χ4n) is 3.13. The van der Waals surface area contributed by atoms with Gasteiger partial charge < -0.3 is 0 Å². The second kappa shape index (κ2) is 6.90. The van der Waals surface area contributed by atoms with Crippen LogP contribution in [0.1, 0.15) is 16.7 Å². The van der Waals surface area contributed by atoms with Gasteiger partial charge >= 0.3 is 0 Å². The van der Waals surface area contributed by atoms with E-state index >= 15 is 8.39 Å². The van der Waals surface area contributed by atoms with Gasteiger partial charge in [-0.25, -0.2) is 0 Å². The van der Waals surface area contributed by atoms with Gasteiger partial charge in [0, 0.05) is 10.6 Å². The van der Waals surface area contributed by atoms with E-state index in [1.165, 1.54) is 0 Å². The molecule has 1 heterocycles. The Morgan fingerprint density at radius 3 is 1.50 bits per heavy atom. The van der Waals surface area contributed by atoms with E-state index in [0.29, 0.717) is 11.1 Å². The molecule has 0 aromatic heterocycles. The van der Waals surface area contributed by atoms with Crippen molar-refractivity contribution < 1.29 is 8.39 Å². The standard InChI is InChI=1S/C23H17F2P/c24-26(25)22(19-12-6-2-7-13-19)16-21(18-10-4-1-5-11-18)17-23(26)20-14-8-3-9-15-20/h1-17H. The molecule has 4 rings (SSSR count). The van der Waals surface area contributed by atoms with E-state index in [2.05, 4.69) is 0 Å². The maximum absolute atomic E-state index is 15.6. The first-order valence-electron chi connectivity index (χ1n) is 8.42. The number of hydrogen-bond donors (Lipinski definition) is 0. The molecule has 3 aromatic carbocycles. The fourth-order valence-corrected chi connectivity index (χ4v) is 4.94. The highest BCUT2D eigenvalue weighted by molar-refractivity contribution is 7.77. The van der Waals surface area contributed by atoms with Gasteiger partial charge in [0.05, 0.1) is 0 Å². The first-order valence-corrected chi connectivity index (χ1v) is 9.99. The zero-order valence-corrected chi connectivity index (χ0v) is 14.9. The molecule has 0 spiro atoms. The van der Waals surface area contributed by atoms with Gasteiger partial charge in [-0.2, -0.15) is 8.39 Å². The summed E-state index contributed by atoms with van der Waals surface area (Å²) in [5, 5.41) is 0.275. The fraction of sp³-hybridized carbons (Fsp3) is 0. The van der Waals surface area contributed by atoms with Crippen LogP contribution in [0.25, 0.3) is 10.9 Å². The smallest absolute Gasteiger partial charge is 0.188 e. The van der Waals surface area contributed by atoms with Crippen molar-refractivity contribution in [3.63, 3.8) is 0 Å². The summed E-state index contributed by atoms with van der Waals surface area (Å²) >= 11 is 0. The summed E-state index contributed by atoms with van der Waals surface area (Å²) in [6.07, 6.45) is 3.32. The molecule has 0 amide bonds. The molecule has 0 saturated heterocycles. The molecule has 1 aliphatic heterocycles. The lowest BCUT2D eigenvalue weighted by Gasteiger charge is -2.22. The topological polar surface area (TPSA) is 0 Å². The van der Waals surface area contributed by atoms with Crippen LogP contribution in [-0.2, 0) is 0 Å². The van der Waals surface area contributed by atoms with Crippen molar-refractivity contribution in [1.29, 1.82) is 0 Å². The minimum Gasteiger partial charge on any atom is -0.188 e. The molecule has 0 atom stereocenters. The molecule has 0 unspecified atom stereocenters. The van der Waals surface area contributed by atoms with Gasteiger partial charge in [0.2, 0.25) is 7.51 Å². The summed E-state index contributed by atoms with van der Waals surface area (Å²) in [7, 11) is -4.46. The molecular formula is C23H17F2P. The quantitative estimate of drug-likeness (QED) is 0.435. The Morgan fingerprint density at radius 1 is 0.500 bits per heavy atom. The van der Waals surface area contributed by atoms with Gasteiger partial charge in [-0.05, 0) is 34.4 Å². The molecule has 26 heavy (non-hydrogen) atoms. The first kappa shape index (κ1) is 16.8. The Bertz CT molecular complexity index is 1020. The molecule has 3 heteroatoms. The molecule has 0 bridgehead atoms. The van der Waals surface area contributed by atoms with Crippen molar-refractivity contribution in [2.24, 2.45) is 0 Å². The highest BCUT2D eigenvalue weighted by atomic mass is 31.2. The number of rotatable bonds is 3. The van der Waals surface area contributed by atoms with Gasteiger partial charge in [-0.15, -0.1) is 0 Å². The average molecular weight is 362 g/mol. The number of benzene rings is 3. The summed E-state index contributed by atoms with van der Waals surface area (Å²) in [5.41, 5.74) is 2.92. The van der Waals surface area contributed by atoms with Crippen LogP contribution >= 0.6 is 7.51 Å². The molecule has 128 valence electrons. The SMILES string of the molecule is FP1(F)=C(c2ccccc2)C=C(c2ccccc2)C=C1c1ccccc1. The van der Waals surface area contributed by atoms with Crippen LogP contribution in [0.5, 0.6) is 0 Å². The van der Waals surface area contributed by atoms with Gasteiger partial charge in [0.1, 0.15) is 0 Å². The summed E-state index contributed by atoms with van der Waals surface area (Å²) in [4.78, 5) is 0. The van der Waals surface area contributed by atoms with Gasteiger partial charge in [-0.3, -0.25) is 0 Å². The second-order valence-corrected chi connectivity index (χ2v) is 8.12. The summed E-state index contributed by atoms with van der Waals surface area (Å²) in [5.74, 6) is 0. The van der Waals surface area contributed by atoms with Crippen molar-refractivity contribution in [3.8, 4) is 0 Å². The molecular weight excluding hydrogens is 345 g/mol. The van der Waals surface area contributed by atoms with E-state index in [4.69, 9.17) is 0 Å². The van der Waals surface area contributed by atoms with Crippen molar-refractivity contribution >= 4 is 23.7 Å². The lowest BCUT2D eigenvalue weighted by Crippen LogP contribution is -2.04. The largest absolute Gasteiger partial charge is 0.250 e. The minimum absolute atomic E-state index is 0.137. The minimum atomic E-state index is -4.46. The van der Waals surface area contributed by atoms with Crippen molar-refractivity contribution in [2.75, 3.05) is 0 Å². The van der Waals surface area contributed by atoms with E-state index in [0.717, 1.165) is 11.1 Å². The van der Waals surface area contributed by atoms with Crippen molar-refractivity contribution in [1.82, 2.24) is 0 Å². The third-order valence-electron chi connectivity index (χ3n) is 4.44. The highest BCUT2D eigenvalue weighted by Gasteiger charge is 2.32. The van der Waals surface area contributed by atoms with E-state index in [1.807, 2.05) is 42.5 Å². The molecule has 0 N–H and O–H groups in total. The van der Waals surface area contributed by atoms with Crippen LogP contribution in [0.3, 0.4) is 0 Å². The molecule has 0 aliphatic carbocycles. The van der Waals surface area contributed by atoms with Crippen LogP contribution in [0.4, 0.5) is 8.39 Å². The Hall–Kier alpha value is -2.70. The van der Waals surface area contributed by atoms with Crippen LogP contribution < -0.4 is 0 Å². The Balaban J connectivity index is 1.99. The van der Waals surface area contributed by atoms with Crippen molar-refractivity contribution in [3.05, 3.63) is 120 Å². The maximum atomic E-state index is 15.6. The van der Waals surface area contributed by atoms with E-state index in [-0.39, 0.29) is 10.6 Å². The van der Waals surface area contributed by atoms with E-state index in [1.54, 1.807) is 60.7 Å². The van der Waals surface area contributed by atoms with Crippen LogP contribution in [-0.4, -0.2) is 5.29 Å². The molecule has 0 nitrogen and oxygen atoms in total. The second-order valence-electron chi connectivity index (χ2n) is 6.13. The number of allylic oxidation sites excluding steroid dienone is 3. The monoisotopic (exact) mass is 362 g/mol. The zero-order chi connectivity index (χ0) is 18.0. The molecule has 0 fully saturated rings. The predicted octanol–water partition coefficient (Wildman–Crippen LogP) is 7.13. The Labute approximate surface area is 152 Å². The normalized spacial score (nSPS) is 16.0. The van der Waals surface area contributed by atoms with Gasteiger partial charge in [0.25, 0.3) is 0 Å². The van der Waals surface area contributed by atoms with Gasteiger partial charge in [0.15, 0.2) is 0 Å². The summed E-state index contributed by atoms with van der Waals surface area (Å²) in [6, 6.07) is 27.6. The lowest BCUT2D eigenvalue weighted by atomic mass is 10.0. The predicted molar refractivity (Wildman–Crippen MR) is 109 cm³/mol. The van der Waals surface area contributed by atoms with Crippen LogP contribution in [0.15, 0.2) is 103 Å². The highest BCUT2D eigenvalue weighted by Crippen LogP contribution is 2.67. The first-order chi connectivity index (χ1) is 12.7. The van der Waals surface area contributed by atoms with Crippen LogP contribution in [0, 0.1) is 0 Å². The lowest BCUT2D eigenvalue weighted by molar-refractivity contribution is 0.756. The van der Waals surface area contributed by atoms with Gasteiger partial charge in [-0.1, -0.05) is 91.0 Å². The number of halogens is 2. The average Bonchev–Trinajstić information content (AvgIpc) is 2.69. The van der Waals surface area contributed by atoms with Crippen molar-refractivity contribution in [2.45, 2.75) is 0 Å². The molecule has 3 aromatic rings. The molecule has 1 aliphatic rings. The van der Waals surface area contributed by atoms with E-state index in [9.17, 15) is 0 Å². The van der Waals surface area contributed by atoms with E-state index < -0.39 is 7.51 Å². The third-order valence-corrected chi connectivity index (χ3v) is 6.42. The number of hydrogen-bond acceptors (Lipinski definition) is 0. The zero-order valence-electron chi connectivity index (χ0n) is 14.0. The van der Waals surface area contributed by atoms with Crippen LogP contribution in [0.2, 0.25) is 0 Å². The third kappa shape index (κ3) is 3.09.